The lowest BCUT2D eigenvalue weighted by Crippen LogP contribution is -2.22. The van der Waals surface area contributed by atoms with Gasteiger partial charge in [0.25, 0.3) is 10.1 Å². The smallest absolute Gasteiger partial charge is 0.309 e. The van der Waals surface area contributed by atoms with E-state index in [0.717, 1.165) is 32.1 Å². The van der Waals surface area contributed by atoms with Crippen LogP contribution in [0.4, 0.5) is 0 Å². The Bertz CT molecular complexity index is 519. The minimum atomic E-state index is -3.94. The molecule has 0 spiro atoms. The number of rotatable bonds is 12. The molecule has 23 heavy (non-hydrogen) atoms. The summed E-state index contributed by atoms with van der Waals surface area (Å²) in [6, 6.07) is 0. The standard InChI is InChI=1S/C16H28O6S/c17-13(5-1-3-7-15(9-10-15)14(18)19)6-2-4-8-16(11-12-16)23(20,21)22/h13,17H,1-12H2,(H,18,19)(H,20,21,22). The molecule has 0 radical (unpaired) electrons. The van der Waals surface area contributed by atoms with Gasteiger partial charge in [-0.2, -0.15) is 8.42 Å². The Morgan fingerprint density at radius 2 is 1.48 bits per heavy atom. The van der Waals surface area contributed by atoms with Crippen molar-refractivity contribution in [3.63, 3.8) is 0 Å². The quantitative estimate of drug-likeness (QED) is 0.369. The Labute approximate surface area is 138 Å². The van der Waals surface area contributed by atoms with Crippen LogP contribution in [0.1, 0.15) is 77.0 Å². The number of carbonyl (C=O) groups is 1. The predicted octanol–water partition coefficient (Wildman–Crippen LogP) is 2.75. The first-order valence-corrected chi connectivity index (χ1v) is 10.0. The molecule has 7 heteroatoms. The molecule has 2 rings (SSSR count). The zero-order chi connectivity index (χ0) is 17.1. The maximum atomic E-state index is 11.2. The fourth-order valence-corrected chi connectivity index (χ4v) is 4.33. The minimum absolute atomic E-state index is 0.407. The lowest BCUT2D eigenvalue weighted by molar-refractivity contribution is -0.143. The van der Waals surface area contributed by atoms with Gasteiger partial charge >= 0.3 is 5.97 Å². The van der Waals surface area contributed by atoms with Crippen molar-refractivity contribution >= 4 is 16.1 Å². The van der Waals surface area contributed by atoms with E-state index in [4.69, 9.17) is 9.66 Å². The van der Waals surface area contributed by atoms with E-state index in [1.807, 2.05) is 0 Å². The lowest BCUT2D eigenvalue weighted by atomic mass is 9.97. The van der Waals surface area contributed by atoms with Crippen LogP contribution in [0.5, 0.6) is 0 Å². The third-order valence-electron chi connectivity index (χ3n) is 5.52. The van der Waals surface area contributed by atoms with Crippen molar-refractivity contribution in [2.24, 2.45) is 5.41 Å². The molecule has 2 aliphatic carbocycles. The highest BCUT2D eigenvalue weighted by atomic mass is 32.2. The number of aliphatic carboxylic acids is 1. The summed E-state index contributed by atoms with van der Waals surface area (Å²) in [4.78, 5) is 11.0. The zero-order valence-electron chi connectivity index (χ0n) is 13.5. The van der Waals surface area contributed by atoms with Gasteiger partial charge in [0.2, 0.25) is 0 Å². The van der Waals surface area contributed by atoms with E-state index < -0.39 is 32.4 Å². The van der Waals surface area contributed by atoms with E-state index in [1.165, 1.54) is 0 Å². The van der Waals surface area contributed by atoms with Gasteiger partial charge in [-0.15, -0.1) is 0 Å². The molecule has 0 bridgehead atoms. The van der Waals surface area contributed by atoms with Crippen LogP contribution in [-0.2, 0) is 14.9 Å². The fourth-order valence-electron chi connectivity index (χ4n) is 3.31. The molecule has 3 N–H and O–H groups in total. The average Bonchev–Trinajstić information content (AvgIpc) is 3.33. The number of aliphatic hydroxyl groups excluding tert-OH is 1. The minimum Gasteiger partial charge on any atom is -0.481 e. The lowest BCUT2D eigenvalue weighted by Gasteiger charge is -2.14. The van der Waals surface area contributed by atoms with E-state index in [1.54, 1.807) is 0 Å². The van der Waals surface area contributed by atoms with Gasteiger partial charge in [-0.1, -0.05) is 25.7 Å². The molecule has 1 unspecified atom stereocenters. The highest BCUT2D eigenvalue weighted by molar-refractivity contribution is 7.87. The Morgan fingerprint density at radius 1 is 0.957 bits per heavy atom. The van der Waals surface area contributed by atoms with E-state index in [-0.39, 0.29) is 0 Å². The van der Waals surface area contributed by atoms with Gasteiger partial charge in [-0.3, -0.25) is 9.35 Å². The molecular weight excluding hydrogens is 320 g/mol. The third-order valence-corrected chi connectivity index (χ3v) is 7.23. The first kappa shape index (κ1) is 18.7. The Hall–Kier alpha value is -0.660. The van der Waals surface area contributed by atoms with Crippen LogP contribution in [0.2, 0.25) is 0 Å². The molecule has 2 fully saturated rings. The molecule has 0 aromatic heterocycles. The first-order valence-electron chi connectivity index (χ1n) is 8.59. The molecule has 0 heterocycles. The van der Waals surface area contributed by atoms with Crippen LogP contribution < -0.4 is 0 Å². The maximum Gasteiger partial charge on any atom is 0.309 e. The SMILES string of the molecule is O=C(O)C1(CCCCC(O)CCCCC2(S(=O)(=O)O)CC2)CC1. The fraction of sp³-hybridized carbons (Fsp3) is 0.938. The highest BCUT2D eigenvalue weighted by Crippen LogP contribution is 2.50. The average molecular weight is 348 g/mol. The molecule has 0 aromatic rings. The number of hydrogen-bond donors (Lipinski definition) is 3. The van der Waals surface area contributed by atoms with E-state index in [9.17, 15) is 18.3 Å². The highest BCUT2D eigenvalue weighted by Gasteiger charge is 2.53. The van der Waals surface area contributed by atoms with Gasteiger partial charge in [0.05, 0.1) is 16.3 Å². The molecule has 0 saturated heterocycles. The van der Waals surface area contributed by atoms with Crippen molar-refractivity contribution in [2.45, 2.75) is 87.9 Å². The molecule has 134 valence electrons. The molecule has 2 saturated carbocycles. The van der Waals surface area contributed by atoms with Crippen molar-refractivity contribution in [3.8, 4) is 0 Å². The molecule has 0 amide bonds. The summed E-state index contributed by atoms with van der Waals surface area (Å²) in [5, 5.41) is 19.0. The Kier molecular flexibility index (Phi) is 5.74. The van der Waals surface area contributed by atoms with Crippen LogP contribution in [0.3, 0.4) is 0 Å². The van der Waals surface area contributed by atoms with Gasteiger partial charge < -0.3 is 10.2 Å². The molecular formula is C16H28O6S. The largest absolute Gasteiger partial charge is 0.481 e. The van der Waals surface area contributed by atoms with Crippen molar-refractivity contribution in [1.29, 1.82) is 0 Å². The third kappa shape index (κ3) is 4.90. The van der Waals surface area contributed by atoms with E-state index in [2.05, 4.69) is 0 Å². The number of unbranched alkanes of at least 4 members (excludes halogenated alkanes) is 2. The van der Waals surface area contributed by atoms with Crippen molar-refractivity contribution in [3.05, 3.63) is 0 Å². The van der Waals surface area contributed by atoms with Crippen LogP contribution >= 0.6 is 0 Å². The second kappa shape index (κ2) is 7.07. The Morgan fingerprint density at radius 3 is 1.87 bits per heavy atom. The molecule has 1 atom stereocenters. The molecule has 2 aliphatic rings. The van der Waals surface area contributed by atoms with Gasteiger partial charge in [-0.05, 0) is 51.4 Å². The second-order valence-corrected chi connectivity index (χ2v) is 9.21. The van der Waals surface area contributed by atoms with Gasteiger partial charge in [0, 0.05) is 0 Å². The van der Waals surface area contributed by atoms with Crippen LogP contribution in [0.25, 0.3) is 0 Å². The number of aliphatic hydroxyl groups is 1. The molecule has 6 nitrogen and oxygen atoms in total. The zero-order valence-corrected chi connectivity index (χ0v) is 14.4. The van der Waals surface area contributed by atoms with E-state index >= 15 is 0 Å². The van der Waals surface area contributed by atoms with Gasteiger partial charge in [0.15, 0.2) is 0 Å². The predicted molar refractivity (Wildman–Crippen MR) is 85.8 cm³/mol. The summed E-state index contributed by atoms with van der Waals surface area (Å²) in [6.07, 6.45) is 7.80. The van der Waals surface area contributed by atoms with Crippen molar-refractivity contribution in [1.82, 2.24) is 0 Å². The van der Waals surface area contributed by atoms with Gasteiger partial charge in [0.1, 0.15) is 0 Å². The van der Waals surface area contributed by atoms with Crippen LogP contribution in [0, 0.1) is 5.41 Å². The number of hydrogen-bond acceptors (Lipinski definition) is 4. The summed E-state index contributed by atoms with van der Waals surface area (Å²) in [5.41, 5.74) is -0.473. The molecule has 0 aliphatic heterocycles. The van der Waals surface area contributed by atoms with E-state index in [0.29, 0.717) is 44.9 Å². The number of carboxylic acids is 1. The summed E-state index contributed by atoms with van der Waals surface area (Å²) in [7, 11) is -3.94. The summed E-state index contributed by atoms with van der Waals surface area (Å²) < 4.78 is 30.7. The molecule has 0 aromatic carbocycles. The Balaban J connectivity index is 1.51. The van der Waals surface area contributed by atoms with Gasteiger partial charge in [-0.25, -0.2) is 0 Å². The monoisotopic (exact) mass is 348 g/mol. The van der Waals surface area contributed by atoms with Crippen molar-refractivity contribution < 1.29 is 28.0 Å². The summed E-state index contributed by atoms with van der Waals surface area (Å²) in [5.74, 6) is -0.689. The van der Waals surface area contributed by atoms with Crippen LogP contribution in [-0.4, -0.2) is 40.0 Å². The van der Waals surface area contributed by atoms with Crippen LogP contribution in [0.15, 0.2) is 0 Å². The normalized spacial score (nSPS) is 22.5. The number of carboxylic acid groups (broad SMARTS) is 1. The van der Waals surface area contributed by atoms with Crippen molar-refractivity contribution in [2.75, 3.05) is 0 Å². The topological polar surface area (TPSA) is 112 Å². The maximum absolute atomic E-state index is 11.2. The summed E-state index contributed by atoms with van der Waals surface area (Å²) >= 11 is 0. The second-order valence-electron chi connectivity index (χ2n) is 7.39. The summed E-state index contributed by atoms with van der Waals surface area (Å²) in [6.45, 7) is 0. The first-order chi connectivity index (χ1) is 10.7.